The third kappa shape index (κ3) is 4.02. The monoisotopic (exact) mass is 396 g/mol. The van der Waals surface area contributed by atoms with Crippen LogP contribution in [0.1, 0.15) is 36.8 Å². The molecule has 2 heterocycles. The largest absolute Gasteiger partial charge is 0.337 e. The van der Waals surface area contributed by atoms with Crippen molar-refractivity contribution in [2.24, 2.45) is 0 Å². The van der Waals surface area contributed by atoms with Gasteiger partial charge in [-0.25, -0.2) is 4.79 Å². The maximum Gasteiger partial charge on any atom is 0.322 e. The maximum absolute atomic E-state index is 12.9. The fourth-order valence-electron chi connectivity index (χ4n) is 3.44. The first-order valence-electron chi connectivity index (χ1n) is 9.34. The van der Waals surface area contributed by atoms with Gasteiger partial charge in [0, 0.05) is 22.8 Å². The van der Waals surface area contributed by atoms with Gasteiger partial charge in [-0.2, -0.15) is 4.98 Å². The molecule has 0 radical (unpaired) electrons. The van der Waals surface area contributed by atoms with Gasteiger partial charge in [-0.3, -0.25) is 0 Å². The van der Waals surface area contributed by atoms with E-state index in [2.05, 4.69) is 15.5 Å². The highest BCUT2D eigenvalue weighted by molar-refractivity contribution is 6.30. The topological polar surface area (TPSA) is 71.3 Å². The summed E-state index contributed by atoms with van der Waals surface area (Å²) in [7, 11) is 0. The maximum atomic E-state index is 12.9. The minimum atomic E-state index is -0.230. The molecule has 6 nitrogen and oxygen atoms in total. The molecule has 3 aromatic rings. The highest BCUT2D eigenvalue weighted by Crippen LogP contribution is 2.32. The van der Waals surface area contributed by atoms with Crippen LogP contribution in [-0.4, -0.2) is 27.6 Å². The van der Waals surface area contributed by atoms with Gasteiger partial charge in [-0.1, -0.05) is 28.9 Å². The van der Waals surface area contributed by atoms with Gasteiger partial charge < -0.3 is 14.7 Å². The summed E-state index contributed by atoms with van der Waals surface area (Å²) in [5, 5.41) is 7.72. The third-order valence-electron chi connectivity index (χ3n) is 4.86. The number of anilines is 1. The number of halogens is 1. The summed E-state index contributed by atoms with van der Waals surface area (Å²) in [6.07, 6.45) is 2.76. The molecule has 1 atom stereocenters. The number of amides is 2. The molecule has 1 aliphatic rings. The Kier molecular flexibility index (Phi) is 5.30. The second-order valence-electron chi connectivity index (χ2n) is 6.97. The van der Waals surface area contributed by atoms with Crippen LogP contribution in [0, 0.1) is 6.92 Å². The van der Waals surface area contributed by atoms with E-state index in [1.54, 1.807) is 17.0 Å². The first kappa shape index (κ1) is 18.5. The van der Waals surface area contributed by atoms with E-state index in [1.807, 2.05) is 43.3 Å². The lowest BCUT2D eigenvalue weighted by molar-refractivity contribution is 0.142. The quantitative estimate of drug-likeness (QED) is 0.638. The van der Waals surface area contributed by atoms with Gasteiger partial charge in [-0.05, 0) is 68.1 Å². The lowest BCUT2D eigenvalue weighted by Crippen LogP contribution is -2.41. The van der Waals surface area contributed by atoms with Gasteiger partial charge in [0.25, 0.3) is 0 Å². The number of carbonyl (C=O) groups is 1. The number of hydrogen-bond acceptors (Lipinski definition) is 4. The Hall–Kier alpha value is -2.86. The van der Waals surface area contributed by atoms with Gasteiger partial charge in [0.2, 0.25) is 11.7 Å². The molecule has 2 amide bonds. The number of benzene rings is 2. The zero-order valence-electron chi connectivity index (χ0n) is 15.6. The average molecular weight is 397 g/mol. The zero-order chi connectivity index (χ0) is 19.5. The van der Waals surface area contributed by atoms with Crippen LogP contribution in [0.15, 0.2) is 53.1 Å². The van der Waals surface area contributed by atoms with Crippen molar-refractivity contribution in [3.05, 3.63) is 65.0 Å². The number of carbonyl (C=O) groups excluding carboxylic acids is 1. The Labute approximate surface area is 168 Å². The lowest BCUT2D eigenvalue weighted by atomic mass is 10.0. The van der Waals surface area contributed by atoms with Crippen molar-refractivity contribution in [2.45, 2.75) is 32.2 Å². The van der Waals surface area contributed by atoms with Gasteiger partial charge in [0.1, 0.15) is 6.04 Å². The van der Waals surface area contributed by atoms with E-state index in [-0.39, 0.29) is 12.1 Å². The Morgan fingerprint density at radius 2 is 2.04 bits per heavy atom. The van der Waals surface area contributed by atoms with Gasteiger partial charge >= 0.3 is 6.03 Å². The SMILES string of the molecule is Cc1cccc(NC(=O)N2CCCCC2c2nc(-c3ccc(Cl)cc3)no2)c1. The van der Waals surface area contributed by atoms with Crippen molar-refractivity contribution >= 4 is 23.3 Å². The number of aryl methyl sites for hydroxylation is 1. The highest BCUT2D eigenvalue weighted by atomic mass is 35.5. The summed E-state index contributed by atoms with van der Waals surface area (Å²) in [4.78, 5) is 19.2. The summed E-state index contributed by atoms with van der Waals surface area (Å²) in [5.74, 6) is 0.959. The second kappa shape index (κ2) is 8.02. The van der Waals surface area contributed by atoms with Crippen molar-refractivity contribution in [3.8, 4) is 11.4 Å². The van der Waals surface area contributed by atoms with E-state index in [0.29, 0.717) is 23.3 Å². The molecule has 0 aliphatic carbocycles. The number of urea groups is 1. The fraction of sp³-hybridized carbons (Fsp3) is 0.286. The Morgan fingerprint density at radius 1 is 1.21 bits per heavy atom. The number of rotatable bonds is 3. The van der Waals surface area contributed by atoms with Crippen LogP contribution in [0.2, 0.25) is 5.02 Å². The molecule has 2 aromatic carbocycles. The van der Waals surface area contributed by atoms with Crippen LogP contribution in [0.5, 0.6) is 0 Å². The van der Waals surface area contributed by atoms with Gasteiger partial charge in [0.15, 0.2) is 0 Å². The number of likely N-dealkylation sites (tertiary alicyclic amines) is 1. The molecule has 1 N–H and O–H groups in total. The Balaban J connectivity index is 1.54. The standard InChI is InChI=1S/C21H21ClN4O2/c1-14-5-4-6-17(13-14)23-21(27)26-12-3-2-7-18(26)20-24-19(25-28-20)15-8-10-16(22)11-9-15/h4-6,8-11,13,18H,2-3,7,12H2,1H3,(H,23,27). The lowest BCUT2D eigenvalue weighted by Gasteiger charge is -2.33. The number of nitrogens with one attached hydrogen (secondary N) is 1. The molecule has 28 heavy (non-hydrogen) atoms. The molecule has 1 aromatic heterocycles. The number of aromatic nitrogens is 2. The zero-order valence-corrected chi connectivity index (χ0v) is 16.3. The summed E-state index contributed by atoms with van der Waals surface area (Å²) in [6, 6.07) is 14.6. The predicted octanol–water partition coefficient (Wildman–Crippen LogP) is 5.46. The van der Waals surface area contributed by atoms with Crippen molar-refractivity contribution in [1.29, 1.82) is 0 Å². The molecule has 1 aliphatic heterocycles. The van der Waals surface area contributed by atoms with Gasteiger partial charge in [0.05, 0.1) is 0 Å². The van der Waals surface area contributed by atoms with Crippen LogP contribution >= 0.6 is 11.6 Å². The first-order chi connectivity index (χ1) is 13.6. The average Bonchev–Trinajstić information content (AvgIpc) is 3.18. The van der Waals surface area contributed by atoms with Crippen LogP contribution in [0.3, 0.4) is 0 Å². The van der Waals surface area contributed by atoms with Crippen LogP contribution in [-0.2, 0) is 0 Å². The summed E-state index contributed by atoms with van der Waals surface area (Å²) < 4.78 is 5.52. The number of piperidine rings is 1. The summed E-state index contributed by atoms with van der Waals surface area (Å²) in [6.45, 7) is 2.65. The van der Waals surface area contributed by atoms with Crippen LogP contribution in [0.4, 0.5) is 10.5 Å². The molecule has 1 unspecified atom stereocenters. The van der Waals surface area contributed by atoms with Crippen molar-refractivity contribution < 1.29 is 9.32 Å². The Bertz CT molecular complexity index is 971. The number of nitrogens with zero attached hydrogens (tertiary/aromatic N) is 3. The molecule has 7 heteroatoms. The molecule has 0 saturated carbocycles. The second-order valence-corrected chi connectivity index (χ2v) is 7.40. The molecule has 1 saturated heterocycles. The third-order valence-corrected chi connectivity index (χ3v) is 5.11. The summed E-state index contributed by atoms with van der Waals surface area (Å²) in [5.41, 5.74) is 2.70. The molecule has 0 bridgehead atoms. The van der Waals surface area contributed by atoms with Crippen molar-refractivity contribution in [2.75, 3.05) is 11.9 Å². The van der Waals surface area contributed by atoms with Crippen molar-refractivity contribution in [1.82, 2.24) is 15.0 Å². The molecular formula is C21H21ClN4O2. The first-order valence-corrected chi connectivity index (χ1v) is 9.72. The van der Waals surface area contributed by atoms with E-state index in [9.17, 15) is 4.79 Å². The molecule has 0 spiro atoms. The van der Waals surface area contributed by atoms with E-state index < -0.39 is 0 Å². The normalized spacial score (nSPS) is 16.8. The van der Waals surface area contributed by atoms with E-state index in [4.69, 9.17) is 16.1 Å². The minimum absolute atomic E-state index is 0.151. The van der Waals surface area contributed by atoms with Gasteiger partial charge in [-0.15, -0.1) is 0 Å². The highest BCUT2D eigenvalue weighted by Gasteiger charge is 2.32. The van der Waals surface area contributed by atoms with E-state index in [1.165, 1.54) is 0 Å². The van der Waals surface area contributed by atoms with Crippen LogP contribution < -0.4 is 5.32 Å². The Morgan fingerprint density at radius 3 is 2.82 bits per heavy atom. The smallest absolute Gasteiger partial charge is 0.322 e. The van der Waals surface area contributed by atoms with Crippen molar-refractivity contribution in [3.63, 3.8) is 0 Å². The van der Waals surface area contributed by atoms with E-state index >= 15 is 0 Å². The summed E-state index contributed by atoms with van der Waals surface area (Å²) >= 11 is 5.94. The molecule has 144 valence electrons. The molecular weight excluding hydrogens is 376 g/mol. The fourth-order valence-corrected chi connectivity index (χ4v) is 3.56. The van der Waals surface area contributed by atoms with Crippen LogP contribution in [0.25, 0.3) is 11.4 Å². The predicted molar refractivity (Wildman–Crippen MR) is 108 cm³/mol. The number of hydrogen-bond donors (Lipinski definition) is 1. The van der Waals surface area contributed by atoms with E-state index in [0.717, 1.165) is 36.1 Å². The molecule has 1 fully saturated rings. The minimum Gasteiger partial charge on any atom is -0.337 e. The molecule has 4 rings (SSSR count).